The van der Waals surface area contributed by atoms with Crippen LogP contribution in [0, 0.1) is 5.82 Å². The summed E-state index contributed by atoms with van der Waals surface area (Å²) in [5, 5.41) is 2.33. The van der Waals surface area contributed by atoms with Gasteiger partial charge in [0.1, 0.15) is 11.3 Å². The molecule has 0 bridgehead atoms. The molecule has 3 heterocycles. The van der Waals surface area contributed by atoms with Crippen LogP contribution in [0.3, 0.4) is 0 Å². The van der Waals surface area contributed by atoms with E-state index in [0.29, 0.717) is 24.4 Å². The van der Waals surface area contributed by atoms with Crippen LogP contribution >= 0.6 is 0 Å². The normalized spacial score (nSPS) is 15.5. The monoisotopic (exact) mass is 422 g/mol. The number of amides is 1. The Hall–Kier alpha value is -3.01. The Morgan fingerprint density at radius 1 is 1.23 bits per heavy atom. The van der Waals surface area contributed by atoms with E-state index in [2.05, 4.69) is 15.3 Å². The van der Waals surface area contributed by atoms with Gasteiger partial charge in [-0.15, -0.1) is 0 Å². The molecule has 1 fully saturated rings. The first kappa shape index (κ1) is 20.3. The summed E-state index contributed by atoms with van der Waals surface area (Å²) in [6.45, 7) is 0.705. The second-order valence-corrected chi connectivity index (χ2v) is 7.01. The Morgan fingerprint density at radius 3 is 2.73 bits per heavy atom. The molecule has 1 aliphatic heterocycles. The molecule has 1 aliphatic rings. The molecule has 30 heavy (non-hydrogen) atoms. The molecule has 158 valence electrons. The molecule has 0 radical (unpaired) electrons. The van der Waals surface area contributed by atoms with Crippen LogP contribution < -0.4 is 5.32 Å². The van der Waals surface area contributed by atoms with E-state index in [4.69, 9.17) is 4.74 Å². The fourth-order valence-electron chi connectivity index (χ4n) is 3.55. The number of carbonyl (C=O) groups is 1. The first-order valence-corrected chi connectivity index (χ1v) is 9.37. The molecule has 3 aromatic rings. The molecule has 1 aromatic carbocycles. The van der Waals surface area contributed by atoms with Gasteiger partial charge in [-0.1, -0.05) is 6.07 Å². The number of rotatable bonds is 4. The maximum absolute atomic E-state index is 13.9. The number of hydrogen-bond donors (Lipinski definition) is 1. The lowest BCUT2D eigenvalue weighted by Crippen LogP contribution is -2.25. The zero-order valence-corrected chi connectivity index (χ0v) is 15.7. The average Bonchev–Trinajstić information content (AvgIpc) is 3.15. The number of carbonyl (C=O) groups excluding carboxylic acids is 1. The quantitative estimate of drug-likeness (QED) is 0.648. The minimum atomic E-state index is -4.72. The molecule has 0 atom stereocenters. The lowest BCUT2D eigenvalue weighted by atomic mass is 10.1. The number of nitrogens with zero attached hydrogens (tertiary/aromatic N) is 3. The van der Waals surface area contributed by atoms with Crippen molar-refractivity contribution in [1.82, 2.24) is 19.9 Å². The van der Waals surface area contributed by atoms with E-state index in [1.54, 1.807) is 6.33 Å². The molecule has 4 rings (SSSR count). The van der Waals surface area contributed by atoms with Crippen molar-refractivity contribution >= 4 is 17.1 Å². The second-order valence-electron chi connectivity index (χ2n) is 7.01. The Kier molecular flexibility index (Phi) is 5.42. The SMILES string of the molecule is O=C(NCc1c(F)cccc1C(F)(F)F)c1cnc2c(c1)ncn2C1CCOCC1. The van der Waals surface area contributed by atoms with Crippen molar-refractivity contribution in [2.75, 3.05) is 13.2 Å². The van der Waals surface area contributed by atoms with Gasteiger partial charge in [0.2, 0.25) is 0 Å². The number of alkyl halides is 3. The number of aromatic nitrogens is 3. The maximum atomic E-state index is 13.9. The minimum Gasteiger partial charge on any atom is -0.381 e. The standard InChI is InChI=1S/C20H18F4N4O2/c21-16-3-1-2-15(20(22,23)24)14(16)10-26-19(29)12-8-17-18(25-9-12)28(11-27-17)13-4-6-30-7-5-13/h1-3,8-9,11,13H,4-7,10H2,(H,26,29). The van der Waals surface area contributed by atoms with E-state index in [1.165, 1.54) is 12.3 Å². The number of pyridine rings is 1. The lowest BCUT2D eigenvalue weighted by molar-refractivity contribution is -0.138. The van der Waals surface area contributed by atoms with Gasteiger partial charge >= 0.3 is 6.18 Å². The van der Waals surface area contributed by atoms with Crippen molar-refractivity contribution in [3.05, 3.63) is 59.3 Å². The topological polar surface area (TPSA) is 69.0 Å². The predicted octanol–water partition coefficient (Wildman–Crippen LogP) is 3.87. The number of benzene rings is 1. The Bertz CT molecular complexity index is 1070. The van der Waals surface area contributed by atoms with Gasteiger partial charge in [0, 0.05) is 37.6 Å². The largest absolute Gasteiger partial charge is 0.416 e. The molecular formula is C20H18F4N4O2. The Labute approximate surface area is 168 Å². The maximum Gasteiger partial charge on any atom is 0.416 e. The molecule has 1 saturated heterocycles. The van der Waals surface area contributed by atoms with Gasteiger partial charge in [0.15, 0.2) is 5.65 Å². The summed E-state index contributed by atoms with van der Waals surface area (Å²) in [5.41, 5.74) is -0.490. The minimum absolute atomic E-state index is 0.129. The summed E-state index contributed by atoms with van der Waals surface area (Å²) < 4.78 is 60.5. The fourth-order valence-corrected chi connectivity index (χ4v) is 3.55. The smallest absolute Gasteiger partial charge is 0.381 e. The molecule has 1 N–H and O–H groups in total. The van der Waals surface area contributed by atoms with Gasteiger partial charge in [-0.3, -0.25) is 4.79 Å². The highest BCUT2D eigenvalue weighted by Crippen LogP contribution is 2.33. The zero-order valence-electron chi connectivity index (χ0n) is 15.7. The van der Waals surface area contributed by atoms with Crippen molar-refractivity contribution < 1.29 is 27.1 Å². The summed E-state index contributed by atoms with van der Waals surface area (Å²) in [4.78, 5) is 21.0. The van der Waals surface area contributed by atoms with E-state index in [9.17, 15) is 22.4 Å². The van der Waals surface area contributed by atoms with Gasteiger partial charge in [0.05, 0.1) is 17.5 Å². The van der Waals surface area contributed by atoms with Crippen LogP contribution in [0.4, 0.5) is 17.6 Å². The first-order chi connectivity index (χ1) is 14.3. The van der Waals surface area contributed by atoms with Crippen LogP contribution in [-0.2, 0) is 17.5 Å². The van der Waals surface area contributed by atoms with Crippen molar-refractivity contribution in [2.24, 2.45) is 0 Å². The van der Waals surface area contributed by atoms with Crippen LogP contribution in [0.25, 0.3) is 11.2 Å². The molecule has 6 nitrogen and oxygen atoms in total. The fraction of sp³-hybridized carbons (Fsp3) is 0.350. The highest BCUT2D eigenvalue weighted by Gasteiger charge is 2.34. The van der Waals surface area contributed by atoms with Gasteiger partial charge < -0.3 is 14.6 Å². The molecule has 10 heteroatoms. The van der Waals surface area contributed by atoms with E-state index >= 15 is 0 Å². The summed E-state index contributed by atoms with van der Waals surface area (Å²) in [6, 6.07) is 4.40. The summed E-state index contributed by atoms with van der Waals surface area (Å²) >= 11 is 0. The van der Waals surface area contributed by atoms with E-state index in [1.807, 2.05) is 4.57 Å². The van der Waals surface area contributed by atoms with Crippen LogP contribution in [0.15, 0.2) is 36.8 Å². The Balaban J connectivity index is 1.52. The molecular weight excluding hydrogens is 404 g/mol. The third-order valence-electron chi connectivity index (χ3n) is 5.11. The Morgan fingerprint density at radius 2 is 2.00 bits per heavy atom. The van der Waals surface area contributed by atoms with Crippen molar-refractivity contribution in [3.63, 3.8) is 0 Å². The van der Waals surface area contributed by atoms with Gasteiger partial charge in [-0.05, 0) is 31.0 Å². The summed E-state index contributed by atoms with van der Waals surface area (Å²) in [6.07, 6.45) is -0.0653. The average molecular weight is 422 g/mol. The number of nitrogens with one attached hydrogen (secondary N) is 1. The third kappa shape index (κ3) is 4.00. The number of ether oxygens (including phenoxy) is 1. The number of fused-ring (bicyclic) bond motifs is 1. The lowest BCUT2D eigenvalue weighted by Gasteiger charge is -2.23. The summed E-state index contributed by atoms with van der Waals surface area (Å²) in [7, 11) is 0. The van der Waals surface area contributed by atoms with Crippen molar-refractivity contribution in [2.45, 2.75) is 31.6 Å². The van der Waals surface area contributed by atoms with Crippen molar-refractivity contribution in [3.8, 4) is 0 Å². The van der Waals surface area contributed by atoms with Crippen LogP contribution in [0.2, 0.25) is 0 Å². The molecule has 1 amide bonds. The highest BCUT2D eigenvalue weighted by molar-refractivity contribution is 5.96. The highest BCUT2D eigenvalue weighted by atomic mass is 19.4. The predicted molar refractivity (Wildman–Crippen MR) is 99.2 cm³/mol. The molecule has 0 spiro atoms. The summed E-state index contributed by atoms with van der Waals surface area (Å²) in [5.74, 6) is -1.70. The van der Waals surface area contributed by atoms with E-state index < -0.39 is 35.6 Å². The number of hydrogen-bond acceptors (Lipinski definition) is 4. The van der Waals surface area contributed by atoms with E-state index in [0.717, 1.165) is 31.0 Å². The molecule has 2 aromatic heterocycles. The van der Waals surface area contributed by atoms with Gasteiger partial charge in [0.25, 0.3) is 5.91 Å². The van der Waals surface area contributed by atoms with Gasteiger partial charge in [-0.2, -0.15) is 13.2 Å². The second kappa shape index (κ2) is 8.02. The number of halogens is 4. The molecule has 0 saturated carbocycles. The van der Waals surface area contributed by atoms with Crippen molar-refractivity contribution in [1.29, 1.82) is 0 Å². The van der Waals surface area contributed by atoms with Crippen LogP contribution in [0.1, 0.15) is 40.4 Å². The molecule has 0 aliphatic carbocycles. The molecule has 0 unspecified atom stereocenters. The van der Waals surface area contributed by atoms with Crippen LogP contribution in [-0.4, -0.2) is 33.7 Å². The van der Waals surface area contributed by atoms with Crippen LogP contribution in [0.5, 0.6) is 0 Å². The number of imidazole rings is 1. The first-order valence-electron chi connectivity index (χ1n) is 9.37. The van der Waals surface area contributed by atoms with E-state index in [-0.39, 0.29) is 11.6 Å². The third-order valence-corrected chi connectivity index (χ3v) is 5.11. The zero-order chi connectivity index (χ0) is 21.3. The van der Waals surface area contributed by atoms with Gasteiger partial charge in [-0.25, -0.2) is 14.4 Å².